The van der Waals surface area contributed by atoms with Crippen molar-refractivity contribution in [1.29, 1.82) is 0 Å². The number of esters is 1. The van der Waals surface area contributed by atoms with Crippen molar-refractivity contribution in [3.63, 3.8) is 0 Å². The SMILES string of the molecule is CC1CC2C(=O)OC(C)C(NC(=O)C(Cc3cc(F)cc(F)c3)NC(=O)OC(C)(C)C)C(=O)N3CCCC3C(=O)N3CCCCC3C(=O)NC(C)C(=O)N2C1. The number of piperidine rings is 1. The van der Waals surface area contributed by atoms with E-state index in [1.54, 1.807) is 20.8 Å². The van der Waals surface area contributed by atoms with E-state index in [4.69, 9.17) is 9.47 Å². The van der Waals surface area contributed by atoms with Gasteiger partial charge in [0.1, 0.15) is 59.6 Å². The van der Waals surface area contributed by atoms with Crippen LogP contribution in [0, 0.1) is 17.6 Å². The Kier molecular flexibility index (Phi) is 12.7. The van der Waals surface area contributed by atoms with Gasteiger partial charge in [0.05, 0.1) is 0 Å². The zero-order valence-electron chi connectivity index (χ0n) is 32.2. The first kappa shape index (κ1) is 41.3. The third kappa shape index (κ3) is 9.89. The van der Waals surface area contributed by atoms with E-state index in [0.717, 1.165) is 12.1 Å². The minimum absolute atomic E-state index is 0.0113. The number of rotatable bonds is 5. The molecule has 15 nitrogen and oxygen atoms in total. The molecule has 3 N–H and O–H groups in total. The first-order valence-corrected chi connectivity index (χ1v) is 19.0. The van der Waals surface area contributed by atoms with Gasteiger partial charge in [-0.1, -0.05) is 6.92 Å². The molecule has 4 fully saturated rings. The number of carbonyl (C=O) groups excluding carboxylic acids is 7. The van der Waals surface area contributed by atoms with Crippen LogP contribution in [0.2, 0.25) is 0 Å². The molecule has 8 atom stereocenters. The summed E-state index contributed by atoms with van der Waals surface area (Å²) in [7, 11) is 0. The Bertz CT molecular complexity index is 1670. The molecule has 1 aromatic rings. The normalized spacial score (nSPS) is 28.8. The second kappa shape index (κ2) is 16.9. The van der Waals surface area contributed by atoms with E-state index in [0.29, 0.717) is 31.7 Å². The smallest absolute Gasteiger partial charge is 0.408 e. The third-order valence-corrected chi connectivity index (χ3v) is 10.4. The molecule has 55 heavy (non-hydrogen) atoms. The summed E-state index contributed by atoms with van der Waals surface area (Å²) in [6.45, 7) is 10.2. The number of halogens is 2. The molecule has 0 saturated carbocycles. The van der Waals surface area contributed by atoms with Crippen LogP contribution < -0.4 is 16.0 Å². The molecule has 0 aromatic heterocycles. The van der Waals surface area contributed by atoms with E-state index in [-0.39, 0.29) is 44.0 Å². The summed E-state index contributed by atoms with van der Waals surface area (Å²) < 4.78 is 39.6. The zero-order valence-corrected chi connectivity index (χ0v) is 32.2. The molecule has 4 heterocycles. The summed E-state index contributed by atoms with van der Waals surface area (Å²) in [4.78, 5) is 101. The van der Waals surface area contributed by atoms with Gasteiger partial charge in [0.15, 0.2) is 0 Å². The standard InChI is InChI=1S/C38H52F2N6O9/c1-20-14-29-36(52)54-22(3)30(43-31(47)26(42-37(53)55-38(4,5)6)17-23-15-24(39)18-25(40)16-23)35(51)45-13-9-11-28(45)34(50)44-12-8-7-10-27(44)32(48)41-21(2)33(49)46(29)19-20/h15-16,18,20-22,26-30H,7-14,17,19H2,1-6H3,(H,41,48)(H,42,53)(H,43,47). The van der Waals surface area contributed by atoms with Gasteiger partial charge in [-0.25, -0.2) is 18.4 Å². The van der Waals surface area contributed by atoms with Gasteiger partial charge in [0, 0.05) is 32.1 Å². The number of fused-ring (bicyclic) bond motifs is 3. The number of hydrogen-bond acceptors (Lipinski definition) is 9. The van der Waals surface area contributed by atoms with E-state index < -0.39 is 108 Å². The van der Waals surface area contributed by atoms with Crippen LogP contribution in [0.3, 0.4) is 0 Å². The summed E-state index contributed by atoms with van der Waals surface area (Å²) in [5.41, 5.74) is -0.967. The third-order valence-electron chi connectivity index (χ3n) is 10.4. The highest BCUT2D eigenvalue weighted by atomic mass is 19.1. The van der Waals surface area contributed by atoms with Gasteiger partial charge in [0.25, 0.3) is 0 Å². The second-order valence-electron chi connectivity index (χ2n) is 16.1. The number of carbonyl (C=O) groups is 7. The van der Waals surface area contributed by atoms with Crippen LogP contribution in [0.25, 0.3) is 0 Å². The number of nitrogens with zero attached hydrogens (tertiary/aromatic N) is 3. The minimum Gasteiger partial charge on any atom is -0.458 e. The molecule has 8 unspecified atom stereocenters. The predicted octanol–water partition coefficient (Wildman–Crippen LogP) is 1.94. The Morgan fingerprint density at radius 2 is 1.51 bits per heavy atom. The molecule has 6 amide bonds. The molecule has 0 spiro atoms. The Morgan fingerprint density at radius 1 is 0.873 bits per heavy atom. The van der Waals surface area contributed by atoms with Crippen LogP contribution in [-0.2, 0) is 44.7 Å². The molecular weight excluding hydrogens is 722 g/mol. The molecule has 5 rings (SSSR count). The van der Waals surface area contributed by atoms with Crippen LogP contribution in [0.1, 0.15) is 85.6 Å². The highest BCUT2D eigenvalue weighted by molar-refractivity contribution is 5.98. The molecule has 4 aliphatic heterocycles. The molecule has 0 bridgehead atoms. The molecule has 302 valence electrons. The van der Waals surface area contributed by atoms with Gasteiger partial charge in [-0.3, -0.25) is 24.0 Å². The van der Waals surface area contributed by atoms with Crippen LogP contribution in [0.15, 0.2) is 18.2 Å². The largest absolute Gasteiger partial charge is 0.458 e. The van der Waals surface area contributed by atoms with E-state index in [1.807, 2.05) is 6.92 Å². The van der Waals surface area contributed by atoms with Crippen LogP contribution >= 0.6 is 0 Å². The van der Waals surface area contributed by atoms with Gasteiger partial charge < -0.3 is 40.1 Å². The lowest BCUT2D eigenvalue weighted by molar-refractivity contribution is -0.163. The maximum atomic E-state index is 14.6. The number of cyclic esters (lactones) is 1. The van der Waals surface area contributed by atoms with Crippen molar-refractivity contribution in [3.05, 3.63) is 35.4 Å². The fraction of sp³-hybridized carbons (Fsp3) is 0.658. The van der Waals surface area contributed by atoms with Crippen molar-refractivity contribution in [2.75, 3.05) is 19.6 Å². The molecule has 4 aliphatic rings. The van der Waals surface area contributed by atoms with E-state index >= 15 is 0 Å². The summed E-state index contributed by atoms with van der Waals surface area (Å²) >= 11 is 0. The van der Waals surface area contributed by atoms with Crippen molar-refractivity contribution >= 4 is 41.6 Å². The summed E-state index contributed by atoms with van der Waals surface area (Å²) in [5.74, 6) is -5.99. The van der Waals surface area contributed by atoms with Gasteiger partial charge in [0.2, 0.25) is 29.5 Å². The number of ether oxygens (including phenoxy) is 2. The average molecular weight is 775 g/mol. The monoisotopic (exact) mass is 774 g/mol. The summed E-state index contributed by atoms with van der Waals surface area (Å²) in [6, 6.07) is -4.49. The first-order chi connectivity index (χ1) is 25.8. The van der Waals surface area contributed by atoms with Gasteiger partial charge in [-0.15, -0.1) is 0 Å². The van der Waals surface area contributed by atoms with E-state index in [9.17, 15) is 42.3 Å². The number of nitrogens with one attached hydrogen (secondary N) is 3. The number of hydrogen-bond donors (Lipinski definition) is 3. The summed E-state index contributed by atoms with van der Waals surface area (Å²) in [5, 5.41) is 7.78. The fourth-order valence-corrected chi connectivity index (χ4v) is 7.85. The Morgan fingerprint density at radius 3 is 2.18 bits per heavy atom. The van der Waals surface area contributed by atoms with Crippen LogP contribution in [-0.4, -0.2) is 124 Å². The highest BCUT2D eigenvalue weighted by Crippen LogP contribution is 2.29. The van der Waals surface area contributed by atoms with Gasteiger partial charge in [-0.2, -0.15) is 0 Å². The molecule has 0 aliphatic carbocycles. The number of amides is 6. The maximum absolute atomic E-state index is 14.6. The minimum atomic E-state index is -1.62. The lowest BCUT2D eigenvalue weighted by Gasteiger charge is -2.39. The van der Waals surface area contributed by atoms with E-state index in [2.05, 4.69) is 16.0 Å². The average Bonchev–Trinajstić information content (AvgIpc) is 3.75. The topological polar surface area (TPSA) is 184 Å². The first-order valence-electron chi connectivity index (χ1n) is 19.0. The van der Waals surface area contributed by atoms with Crippen LogP contribution in [0.4, 0.5) is 13.6 Å². The van der Waals surface area contributed by atoms with E-state index in [1.165, 1.54) is 28.5 Å². The van der Waals surface area contributed by atoms with Crippen molar-refractivity contribution < 1.29 is 51.8 Å². The van der Waals surface area contributed by atoms with Gasteiger partial charge >= 0.3 is 12.1 Å². The number of alkyl carbamates (subject to hydrolysis) is 1. The van der Waals surface area contributed by atoms with Crippen molar-refractivity contribution in [2.45, 2.75) is 134 Å². The lowest BCUT2D eigenvalue weighted by Crippen LogP contribution is -2.63. The highest BCUT2D eigenvalue weighted by Gasteiger charge is 2.47. The maximum Gasteiger partial charge on any atom is 0.408 e. The second-order valence-corrected chi connectivity index (χ2v) is 16.1. The fourth-order valence-electron chi connectivity index (χ4n) is 7.85. The van der Waals surface area contributed by atoms with Gasteiger partial charge in [-0.05, 0) is 96.8 Å². The quantitative estimate of drug-likeness (QED) is 0.377. The van der Waals surface area contributed by atoms with Crippen molar-refractivity contribution in [3.8, 4) is 0 Å². The van der Waals surface area contributed by atoms with Crippen molar-refractivity contribution in [2.24, 2.45) is 5.92 Å². The Balaban J connectivity index is 1.51. The molecule has 17 heteroatoms. The lowest BCUT2D eigenvalue weighted by atomic mass is 9.99. The Labute approximate surface area is 319 Å². The predicted molar refractivity (Wildman–Crippen MR) is 192 cm³/mol. The molecule has 0 radical (unpaired) electrons. The number of benzene rings is 1. The molecular formula is C38H52F2N6O9. The molecule has 1 aromatic carbocycles. The van der Waals surface area contributed by atoms with Crippen LogP contribution in [0.5, 0.6) is 0 Å². The van der Waals surface area contributed by atoms with Crippen molar-refractivity contribution in [1.82, 2.24) is 30.7 Å². The Hall–Kier alpha value is -4.83. The molecule has 4 saturated heterocycles. The summed E-state index contributed by atoms with van der Waals surface area (Å²) in [6.07, 6.45) is -0.222. The zero-order chi connectivity index (χ0) is 40.4.